The molecule has 10 heteroatoms. The monoisotopic (exact) mass is 468 g/mol. The Balaban J connectivity index is 1.35. The standard InChI is InChI=1S/C23H22ClFN6O2/c24-18-2-1-3-20(14-18)29-10-12-30(13-11-29)21-8-9-23(33)31(28-21)16-22(32)27-26-15-17-4-6-19(25)7-5-17/h1-9,14-15H,10-13,16H2,(H,27,32)/b26-15+. The summed E-state index contributed by atoms with van der Waals surface area (Å²) in [6.45, 7) is 2.72. The van der Waals surface area contributed by atoms with Gasteiger partial charge in [0.25, 0.3) is 11.5 Å². The minimum atomic E-state index is -0.495. The summed E-state index contributed by atoms with van der Waals surface area (Å²) < 4.78 is 14.0. The van der Waals surface area contributed by atoms with E-state index in [0.29, 0.717) is 29.5 Å². The molecule has 0 aliphatic carbocycles. The second kappa shape index (κ2) is 10.3. The Morgan fingerprint density at radius 1 is 1.06 bits per heavy atom. The van der Waals surface area contributed by atoms with Crippen molar-refractivity contribution in [2.24, 2.45) is 5.10 Å². The number of anilines is 2. The highest BCUT2D eigenvalue weighted by Crippen LogP contribution is 2.22. The Kier molecular flexibility index (Phi) is 6.99. The van der Waals surface area contributed by atoms with Gasteiger partial charge >= 0.3 is 0 Å². The Bertz CT molecular complexity index is 1210. The Hall–Kier alpha value is -3.72. The van der Waals surface area contributed by atoms with Crippen LogP contribution in [0.15, 0.2) is 70.6 Å². The van der Waals surface area contributed by atoms with Crippen molar-refractivity contribution in [1.82, 2.24) is 15.2 Å². The molecule has 1 saturated heterocycles. The SMILES string of the molecule is O=C(Cn1nc(N2CCN(c3cccc(Cl)c3)CC2)ccc1=O)N/N=C/c1ccc(F)cc1. The van der Waals surface area contributed by atoms with Gasteiger partial charge in [-0.2, -0.15) is 10.2 Å². The fourth-order valence-corrected chi connectivity index (χ4v) is 3.67. The molecule has 1 N–H and O–H groups in total. The summed E-state index contributed by atoms with van der Waals surface area (Å²) in [7, 11) is 0. The van der Waals surface area contributed by atoms with Gasteiger partial charge in [0.1, 0.15) is 18.2 Å². The van der Waals surface area contributed by atoms with E-state index in [9.17, 15) is 14.0 Å². The van der Waals surface area contributed by atoms with Gasteiger partial charge in [0, 0.05) is 43.0 Å². The smallest absolute Gasteiger partial charge is 0.267 e. The van der Waals surface area contributed by atoms with Crippen LogP contribution < -0.4 is 20.8 Å². The Labute approximate surface area is 194 Å². The number of carbonyl (C=O) groups is 1. The molecule has 0 spiro atoms. The van der Waals surface area contributed by atoms with Crippen molar-refractivity contribution in [2.75, 3.05) is 36.0 Å². The lowest BCUT2D eigenvalue weighted by Gasteiger charge is -2.36. The quantitative estimate of drug-likeness (QED) is 0.444. The second-order valence-corrected chi connectivity index (χ2v) is 7.92. The van der Waals surface area contributed by atoms with Crippen molar-refractivity contribution in [3.8, 4) is 0 Å². The molecule has 3 aromatic rings. The molecular formula is C23H22ClFN6O2. The molecule has 4 rings (SSSR count). The molecule has 2 aromatic carbocycles. The molecule has 1 fully saturated rings. The van der Waals surface area contributed by atoms with E-state index < -0.39 is 5.91 Å². The van der Waals surface area contributed by atoms with Gasteiger partial charge in [-0.3, -0.25) is 9.59 Å². The van der Waals surface area contributed by atoms with Crippen molar-refractivity contribution in [3.05, 3.63) is 87.4 Å². The largest absolute Gasteiger partial charge is 0.368 e. The van der Waals surface area contributed by atoms with Gasteiger partial charge in [-0.05, 0) is 42.0 Å². The highest BCUT2D eigenvalue weighted by molar-refractivity contribution is 6.30. The van der Waals surface area contributed by atoms with Crippen LogP contribution in [0.1, 0.15) is 5.56 Å². The molecule has 2 heterocycles. The third kappa shape index (κ3) is 5.95. The fourth-order valence-electron chi connectivity index (χ4n) is 3.49. The average molecular weight is 469 g/mol. The topological polar surface area (TPSA) is 82.8 Å². The molecule has 0 saturated carbocycles. The predicted molar refractivity (Wildman–Crippen MR) is 127 cm³/mol. The molecule has 0 unspecified atom stereocenters. The van der Waals surface area contributed by atoms with Gasteiger partial charge in [-0.25, -0.2) is 14.5 Å². The lowest BCUT2D eigenvalue weighted by molar-refractivity contribution is -0.121. The zero-order chi connectivity index (χ0) is 23.2. The van der Waals surface area contributed by atoms with Gasteiger partial charge in [-0.1, -0.05) is 29.8 Å². The summed E-state index contributed by atoms with van der Waals surface area (Å²) >= 11 is 6.10. The number of benzene rings is 2. The third-order valence-corrected chi connectivity index (χ3v) is 5.43. The number of nitrogens with zero attached hydrogens (tertiary/aromatic N) is 5. The van der Waals surface area contributed by atoms with E-state index in [1.54, 1.807) is 6.07 Å². The Morgan fingerprint density at radius 2 is 1.79 bits per heavy atom. The number of nitrogens with one attached hydrogen (secondary N) is 1. The molecule has 0 atom stereocenters. The van der Waals surface area contributed by atoms with Crippen molar-refractivity contribution >= 4 is 35.2 Å². The van der Waals surface area contributed by atoms with Crippen LogP contribution in [-0.2, 0) is 11.3 Å². The van der Waals surface area contributed by atoms with Crippen LogP contribution in [0.2, 0.25) is 5.02 Å². The summed E-state index contributed by atoms with van der Waals surface area (Å²) in [4.78, 5) is 28.7. The minimum absolute atomic E-state index is 0.268. The first-order chi connectivity index (χ1) is 16.0. The normalized spacial score (nSPS) is 14.0. The van der Waals surface area contributed by atoms with Crippen LogP contribution in [-0.4, -0.2) is 48.1 Å². The number of aromatic nitrogens is 2. The summed E-state index contributed by atoms with van der Waals surface area (Å²) in [5.74, 6) is -0.221. The number of hydrogen-bond donors (Lipinski definition) is 1. The minimum Gasteiger partial charge on any atom is -0.368 e. The lowest BCUT2D eigenvalue weighted by atomic mass is 10.2. The molecule has 1 aliphatic heterocycles. The van der Waals surface area contributed by atoms with Crippen LogP contribution in [0.4, 0.5) is 15.9 Å². The van der Waals surface area contributed by atoms with Crippen LogP contribution in [0.25, 0.3) is 0 Å². The van der Waals surface area contributed by atoms with Crippen molar-refractivity contribution in [1.29, 1.82) is 0 Å². The van der Waals surface area contributed by atoms with E-state index in [0.717, 1.165) is 23.5 Å². The summed E-state index contributed by atoms with van der Waals surface area (Å²) in [6, 6.07) is 16.5. The average Bonchev–Trinajstić information content (AvgIpc) is 2.82. The summed E-state index contributed by atoms with van der Waals surface area (Å²) in [5.41, 5.74) is 3.67. The van der Waals surface area contributed by atoms with E-state index in [1.807, 2.05) is 24.3 Å². The van der Waals surface area contributed by atoms with Gasteiger partial charge in [-0.15, -0.1) is 0 Å². The maximum Gasteiger partial charge on any atom is 0.267 e. The lowest BCUT2D eigenvalue weighted by Crippen LogP contribution is -2.47. The molecule has 1 aromatic heterocycles. The number of piperazine rings is 1. The highest BCUT2D eigenvalue weighted by Gasteiger charge is 2.19. The Morgan fingerprint density at radius 3 is 2.52 bits per heavy atom. The molecule has 1 amide bonds. The number of halogens is 2. The van der Waals surface area contributed by atoms with Crippen LogP contribution in [0.3, 0.4) is 0 Å². The highest BCUT2D eigenvalue weighted by atomic mass is 35.5. The molecule has 33 heavy (non-hydrogen) atoms. The number of carbonyl (C=O) groups excluding carboxylic acids is 1. The van der Waals surface area contributed by atoms with Crippen LogP contribution in [0.5, 0.6) is 0 Å². The zero-order valence-corrected chi connectivity index (χ0v) is 18.5. The first-order valence-corrected chi connectivity index (χ1v) is 10.8. The van der Waals surface area contributed by atoms with Crippen molar-refractivity contribution < 1.29 is 9.18 Å². The van der Waals surface area contributed by atoms with Gasteiger partial charge < -0.3 is 9.80 Å². The number of amides is 1. The molecule has 170 valence electrons. The van der Waals surface area contributed by atoms with E-state index in [2.05, 4.69) is 25.4 Å². The summed E-state index contributed by atoms with van der Waals surface area (Å²) in [6.07, 6.45) is 1.39. The fraction of sp³-hybridized carbons (Fsp3) is 0.217. The van der Waals surface area contributed by atoms with E-state index in [1.165, 1.54) is 36.5 Å². The van der Waals surface area contributed by atoms with E-state index in [4.69, 9.17) is 11.6 Å². The van der Waals surface area contributed by atoms with Gasteiger partial charge in [0.15, 0.2) is 0 Å². The first-order valence-electron chi connectivity index (χ1n) is 10.4. The second-order valence-electron chi connectivity index (χ2n) is 7.49. The molecule has 0 radical (unpaired) electrons. The van der Waals surface area contributed by atoms with Gasteiger partial charge in [0.2, 0.25) is 0 Å². The molecule has 8 nitrogen and oxygen atoms in total. The van der Waals surface area contributed by atoms with Crippen molar-refractivity contribution in [3.63, 3.8) is 0 Å². The third-order valence-electron chi connectivity index (χ3n) is 5.20. The van der Waals surface area contributed by atoms with Crippen LogP contribution in [0, 0.1) is 5.82 Å². The number of hydrogen-bond acceptors (Lipinski definition) is 6. The zero-order valence-electron chi connectivity index (χ0n) is 17.7. The summed E-state index contributed by atoms with van der Waals surface area (Å²) in [5, 5.41) is 8.90. The van der Waals surface area contributed by atoms with Gasteiger partial charge in [0.05, 0.1) is 6.21 Å². The molecule has 0 bridgehead atoms. The predicted octanol–water partition coefficient (Wildman–Crippen LogP) is 2.51. The van der Waals surface area contributed by atoms with E-state index >= 15 is 0 Å². The van der Waals surface area contributed by atoms with Crippen LogP contribution >= 0.6 is 11.6 Å². The number of hydrazone groups is 1. The maximum absolute atomic E-state index is 12.9. The first kappa shape index (κ1) is 22.5. The van der Waals surface area contributed by atoms with E-state index in [-0.39, 0.29) is 17.9 Å². The maximum atomic E-state index is 12.9. The molecule has 1 aliphatic rings. The van der Waals surface area contributed by atoms with Crippen molar-refractivity contribution in [2.45, 2.75) is 6.54 Å². The molecular weight excluding hydrogens is 447 g/mol. The number of rotatable bonds is 6.